The minimum atomic E-state index is 0.649. The third-order valence-electron chi connectivity index (χ3n) is 8.08. The van der Waals surface area contributed by atoms with Gasteiger partial charge in [-0.15, -0.1) is 0 Å². The lowest BCUT2D eigenvalue weighted by molar-refractivity contribution is 0.667. The van der Waals surface area contributed by atoms with Gasteiger partial charge in [0, 0.05) is 28.1 Å². The van der Waals surface area contributed by atoms with Crippen LogP contribution in [0, 0.1) is 0 Å². The van der Waals surface area contributed by atoms with Crippen LogP contribution in [-0.4, -0.2) is 15.7 Å². The van der Waals surface area contributed by atoms with E-state index in [9.17, 15) is 0 Å². The van der Waals surface area contributed by atoms with Gasteiger partial charge in [0.2, 0.25) is 0 Å². The predicted octanol–water partition coefficient (Wildman–Crippen LogP) is 10.1. The van der Waals surface area contributed by atoms with Crippen LogP contribution >= 0.6 is 0 Å². The highest BCUT2D eigenvalue weighted by Gasteiger charge is 2.19. The summed E-state index contributed by atoms with van der Waals surface area (Å²) in [5.74, 6) is 0. The van der Waals surface area contributed by atoms with Crippen molar-refractivity contribution in [2.45, 2.75) is 0 Å². The van der Waals surface area contributed by atoms with Crippen LogP contribution in [0.1, 0.15) is 11.3 Å². The maximum Gasteiger partial charge on any atom is 0.153 e. The zero-order chi connectivity index (χ0) is 28.9. The highest BCUT2D eigenvalue weighted by Crippen LogP contribution is 2.42. The third-order valence-corrected chi connectivity index (χ3v) is 8.08. The van der Waals surface area contributed by atoms with Crippen LogP contribution in [0.25, 0.3) is 71.2 Å². The van der Waals surface area contributed by atoms with Gasteiger partial charge < -0.3 is 4.42 Å². The number of furan rings is 1. The largest absolute Gasteiger partial charge is 0.454 e. The Balaban J connectivity index is 1.39. The summed E-state index contributed by atoms with van der Waals surface area (Å²) in [7, 11) is 0. The lowest BCUT2D eigenvalue weighted by Gasteiger charge is -2.17. The van der Waals surface area contributed by atoms with Crippen molar-refractivity contribution in [1.29, 1.82) is 0 Å². The number of aliphatic imine (C=N–C) groups is 1. The van der Waals surface area contributed by atoms with Crippen LogP contribution in [0.4, 0.5) is 0 Å². The first-order valence-electron chi connectivity index (χ1n) is 14.2. The van der Waals surface area contributed by atoms with Gasteiger partial charge in [-0.1, -0.05) is 92.0 Å². The van der Waals surface area contributed by atoms with Gasteiger partial charge in [-0.05, 0) is 68.7 Å². The number of hydrogen-bond acceptors (Lipinski definition) is 4. The second-order valence-electron chi connectivity index (χ2n) is 10.6. The molecule has 0 aliphatic rings. The van der Waals surface area contributed by atoms with E-state index in [1.807, 2.05) is 30.5 Å². The molecule has 0 unspecified atom stereocenters. The summed E-state index contributed by atoms with van der Waals surface area (Å²) < 4.78 is 6.26. The molecule has 0 amide bonds. The van der Waals surface area contributed by atoms with Crippen LogP contribution in [0.3, 0.4) is 0 Å². The van der Waals surface area contributed by atoms with Crippen molar-refractivity contribution in [3.05, 3.63) is 152 Å². The maximum absolute atomic E-state index is 6.26. The predicted molar refractivity (Wildman–Crippen MR) is 179 cm³/mol. The summed E-state index contributed by atoms with van der Waals surface area (Å²) in [6.45, 7) is 8.44. The minimum absolute atomic E-state index is 0.649. The van der Waals surface area contributed by atoms with Crippen molar-refractivity contribution in [2.24, 2.45) is 4.99 Å². The van der Waals surface area contributed by atoms with Crippen molar-refractivity contribution in [3.8, 4) is 11.3 Å². The Hall–Kier alpha value is -5.87. The van der Waals surface area contributed by atoms with E-state index >= 15 is 0 Å². The molecule has 8 rings (SSSR count). The summed E-state index contributed by atoms with van der Waals surface area (Å²) in [6.07, 6.45) is 5.33. The molecule has 0 atom stereocenters. The number of hydrogen-bond donors (Lipinski definition) is 0. The Bertz CT molecular complexity index is 2380. The number of rotatable bonds is 5. The second kappa shape index (κ2) is 9.89. The van der Waals surface area contributed by atoms with E-state index in [4.69, 9.17) is 14.4 Å². The first-order valence-corrected chi connectivity index (χ1v) is 14.2. The average molecular weight is 552 g/mol. The summed E-state index contributed by atoms with van der Waals surface area (Å²) in [5.41, 5.74) is 6.64. The first kappa shape index (κ1) is 24.9. The van der Waals surface area contributed by atoms with E-state index in [0.717, 1.165) is 71.4 Å². The number of fused-ring (bicyclic) bond motifs is 6. The Kier molecular flexibility index (Phi) is 5.73. The van der Waals surface area contributed by atoms with E-state index < -0.39 is 0 Å². The molecule has 3 aromatic heterocycles. The quantitative estimate of drug-likeness (QED) is 0.158. The molecule has 0 aliphatic heterocycles. The summed E-state index contributed by atoms with van der Waals surface area (Å²) >= 11 is 0. The molecule has 0 bridgehead atoms. The lowest BCUT2D eigenvalue weighted by Crippen LogP contribution is -2.00. The monoisotopic (exact) mass is 551 g/mol. The molecule has 5 aromatic carbocycles. The van der Waals surface area contributed by atoms with Gasteiger partial charge in [0.15, 0.2) is 5.58 Å². The first-order chi connectivity index (χ1) is 21.2. The summed E-state index contributed by atoms with van der Waals surface area (Å²) in [6, 6.07) is 37.4. The molecule has 8 aromatic rings. The fourth-order valence-corrected chi connectivity index (χ4v) is 6.14. The standard InChI is InChI=1S/C39H25N3O/c1-3-33(34-18-10-11-19-40-34)42-24(2)38-27-14-6-8-16-29(27)39(30-17-9-7-15-28(30)38)35-22-32-31-20-25-12-4-5-13-26(25)21-36(31)43-37(32)23-41-35/h3-23H,1-2H2. The van der Waals surface area contributed by atoms with E-state index in [0.29, 0.717) is 11.4 Å². The smallest absolute Gasteiger partial charge is 0.153 e. The molecule has 0 spiro atoms. The van der Waals surface area contributed by atoms with Crippen molar-refractivity contribution in [3.63, 3.8) is 0 Å². The van der Waals surface area contributed by atoms with Gasteiger partial charge in [-0.2, -0.15) is 0 Å². The van der Waals surface area contributed by atoms with Crippen LogP contribution in [0.5, 0.6) is 0 Å². The Morgan fingerprint density at radius 3 is 1.95 bits per heavy atom. The van der Waals surface area contributed by atoms with Gasteiger partial charge in [0.1, 0.15) is 5.58 Å². The second-order valence-corrected chi connectivity index (χ2v) is 10.6. The maximum atomic E-state index is 6.26. The molecule has 0 N–H and O–H groups in total. The molecule has 0 fully saturated rings. The Labute approximate surface area is 248 Å². The lowest BCUT2D eigenvalue weighted by atomic mass is 9.89. The molecule has 0 radical (unpaired) electrons. The number of pyridine rings is 2. The SMILES string of the molecule is C=CC(=NC(=C)c1c2ccccc2c(-c2cc3c(cn2)oc2cc4ccccc4cc23)c2ccccc12)c1ccccn1. The summed E-state index contributed by atoms with van der Waals surface area (Å²) in [5, 5.41) is 8.73. The van der Waals surface area contributed by atoms with Crippen LogP contribution in [0.2, 0.25) is 0 Å². The Morgan fingerprint density at radius 1 is 0.651 bits per heavy atom. The molecule has 0 saturated carbocycles. The van der Waals surface area contributed by atoms with Crippen molar-refractivity contribution in [1.82, 2.24) is 9.97 Å². The fourth-order valence-electron chi connectivity index (χ4n) is 6.14. The zero-order valence-electron chi connectivity index (χ0n) is 23.3. The van der Waals surface area contributed by atoms with E-state index in [1.54, 1.807) is 12.3 Å². The van der Waals surface area contributed by atoms with Gasteiger partial charge in [-0.25, -0.2) is 4.99 Å². The number of nitrogens with zero attached hydrogens (tertiary/aromatic N) is 3. The molecule has 0 aliphatic carbocycles. The van der Waals surface area contributed by atoms with Crippen LogP contribution in [0.15, 0.2) is 150 Å². The van der Waals surface area contributed by atoms with Crippen molar-refractivity contribution < 1.29 is 4.42 Å². The molecule has 4 nitrogen and oxygen atoms in total. The molecule has 43 heavy (non-hydrogen) atoms. The number of allylic oxidation sites excluding steroid dienone is 1. The topological polar surface area (TPSA) is 51.3 Å². The highest BCUT2D eigenvalue weighted by atomic mass is 16.3. The van der Waals surface area contributed by atoms with Gasteiger partial charge in [0.05, 0.1) is 29.0 Å². The Morgan fingerprint density at radius 2 is 1.28 bits per heavy atom. The van der Waals surface area contributed by atoms with Crippen LogP contribution in [-0.2, 0) is 0 Å². The van der Waals surface area contributed by atoms with E-state index in [1.165, 1.54) is 5.39 Å². The number of aromatic nitrogens is 2. The van der Waals surface area contributed by atoms with Gasteiger partial charge >= 0.3 is 0 Å². The normalized spacial score (nSPS) is 12.0. The van der Waals surface area contributed by atoms with Gasteiger partial charge in [-0.3, -0.25) is 9.97 Å². The van der Waals surface area contributed by atoms with E-state index in [-0.39, 0.29) is 0 Å². The molecule has 3 heterocycles. The highest BCUT2D eigenvalue weighted by molar-refractivity contribution is 6.20. The van der Waals surface area contributed by atoms with Crippen molar-refractivity contribution in [2.75, 3.05) is 0 Å². The molecular weight excluding hydrogens is 526 g/mol. The molecule has 202 valence electrons. The van der Waals surface area contributed by atoms with E-state index in [2.05, 4.69) is 103 Å². The summed E-state index contributed by atoms with van der Waals surface area (Å²) in [4.78, 5) is 14.4. The molecule has 0 saturated heterocycles. The van der Waals surface area contributed by atoms with Crippen LogP contribution < -0.4 is 0 Å². The zero-order valence-corrected chi connectivity index (χ0v) is 23.3. The fraction of sp³-hybridized carbons (Fsp3) is 0. The van der Waals surface area contributed by atoms with Crippen molar-refractivity contribution >= 4 is 65.7 Å². The minimum Gasteiger partial charge on any atom is -0.454 e. The number of benzene rings is 5. The molecular formula is C39H25N3O. The van der Waals surface area contributed by atoms with Gasteiger partial charge in [0.25, 0.3) is 0 Å². The third kappa shape index (κ3) is 4.03. The average Bonchev–Trinajstić information content (AvgIpc) is 3.41. The molecule has 4 heteroatoms.